The van der Waals surface area contributed by atoms with Crippen LogP contribution in [0, 0.1) is 5.82 Å². The van der Waals surface area contributed by atoms with Gasteiger partial charge in [-0.25, -0.2) is 14.4 Å². The molecule has 0 atom stereocenters. The van der Waals surface area contributed by atoms with E-state index in [2.05, 4.69) is 31.2 Å². The van der Waals surface area contributed by atoms with Crippen LogP contribution in [0.3, 0.4) is 0 Å². The SMILES string of the molecule is CC(C)c1c(N)ncnc1Nc1ccc(Br)cc1F. The lowest BCUT2D eigenvalue weighted by Crippen LogP contribution is -2.07. The first-order valence-corrected chi connectivity index (χ1v) is 6.60. The summed E-state index contributed by atoms with van der Waals surface area (Å²) in [6.45, 7) is 3.97. The second kappa shape index (κ2) is 5.52. The number of nitrogens with zero attached hydrogens (tertiary/aromatic N) is 2. The van der Waals surface area contributed by atoms with E-state index in [1.165, 1.54) is 12.4 Å². The Morgan fingerprint density at radius 2 is 2.05 bits per heavy atom. The average Bonchev–Trinajstić information content (AvgIpc) is 2.32. The van der Waals surface area contributed by atoms with Crippen LogP contribution in [0.5, 0.6) is 0 Å². The van der Waals surface area contributed by atoms with Gasteiger partial charge < -0.3 is 11.1 Å². The van der Waals surface area contributed by atoms with E-state index in [0.29, 0.717) is 21.8 Å². The van der Waals surface area contributed by atoms with Gasteiger partial charge in [-0.1, -0.05) is 29.8 Å². The zero-order chi connectivity index (χ0) is 14.0. The predicted molar refractivity (Wildman–Crippen MR) is 77.9 cm³/mol. The second-order valence-electron chi connectivity index (χ2n) is 4.43. The molecule has 2 aromatic rings. The zero-order valence-electron chi connectivity index (χ0n) is 10.6. The maximum absolute atomic E-state index is 13.8. The molecule has 2 rings (SSSR count). The Morgan fingerprint density at radius 3 is 2.68 bits per heavy atom. The van der Waals surface area contributed by atoms with Crippen LogP contribution >= 0.6 is 15.9 Å². The fraction of sp³-hybridized carbons (Fsp3) is 0.231. The van der Waals surface area contributed by atoms with Gasteiger partial charge in [-0.2, -0.15) is 0 Å². The fourth-order valence-electron chi connectivity index (χ4n) is 1.80. The summed E-state index contributed by atoms with van der Waals surface area (Å²) in [7, 11) is 0. The van der Waals surface area contributed by atoms with Gasteiger partial charge in [0.15, 0.2) is 0 Å². The van der Waals surface area contributed by atoms with Crippen molar-refractivity contribution in [2.75, 3.05) is 11.1 Å². The minimum atomic E-state index is -0.360. The Bertz CT molecular complexity index is 601. The number of hydrogen-bond donors (Lipinski definition) is 2. The molecule has 0 saturated heterocycles. The zero-order valence-corrected chi connectivity index (χ0v) is 12.2. The summed E-state index contributed by atoms with van der Waals surface area (Å²) in [6, 6.07) is 4.79. The maximum atomic E-state index is 13.8. The molecule has 3 N–H and O–H groups in total. The number of nitrogen functional groups attached to an aromatic ring is 1. The van der Waals surface area contributed by atoms with Crippen molar-refractivity contribution in [2.45, 2.75) is 19.8 Å². The van der Waals surface area contributed by atoms with E-state index in [4.69, 9.17) is 5.73 Å². The van der Waals surface area contributed by atoms with Gasteiger partial charge in [0.1, 0.15) is 23.8 Å². The molecule has 1 heterocycles. The molecule has 1 aromatic heterocycles. The van der Waals surface area contributed by atoms with Crippen molar-refractivity contribution >= 4 is 33.3 Å². The smallest absolute Gasteiger partial charge is 0.147 e. The van der Waals surface area contributed by atoms with Crippen molar-refractivity contribution in [1.29, 1.82) is 0 Å². The minimum absolute atomic E-state index is 0.141. The third kappa shape index (κ3) is 3.01. The summed E-state index contributed by atoms with van der Waals surface area (Å²) in [5.74, 6) is 0.720. The second-order valence-corrected chi connectivity index (χ2v) is 5.34. The molecule has 0 fully saturated rings. The standard InChI is InChI=1S/C13H14BrFN4/c1-7(2)11-12(16)17-6-18-13(11)19-10-4-3-8(14)5-9(10)15/h3-7H,1-2H3,(H3,16,17,18,19). The van der Waals surface area contributed by atoms with E-state index in [-0.39, 0.29) is 11.7 Å². The monoisotopic (exact) mass is 324 g/mol. The number of rotatable bonds is 3. The molecule has 100 valence electrons. The molecular formula is C13H14BrFN4. The Balaban J connectivity index is 2.41. The first-order valence-electron chi connectivity index (χ1n) is 5.81. The fourth-order valence-corrected chi connectivity index (χ4v) is 2.13. The topological polar surface area (TPSA) is 63.8 Å². The average molecular weight is 325 g/mol. The lowest BCUT2D eigenvalue weighted by atomic mass is 10.0. The van der Waals surface area contributed by atoms with Crippen LogP contribution < -0.4 is 11.1 Å². The van der Waals surface area contributed by atoms with Crippen molar-refractivity contribution < 1.29 is 4.39 Å². The van der Waals surface area contributed by atoms with Crippen molar-refractivity contribution in [3.05, 3.63) is 40.4 Å². The van der Waals surface area contributed by atoms with Crippen LogP contribution in [-0.4, -0.2) is 9.97 Å². The third-order valence-corrected chi connectivity index (χ3v) is 3.17. The summed E-state index contributed by atoms with van der Waals surface area (Å²) in [5, 5.41) is 2.96. The highest BCUT2D eigenvalue weighted by molar-refractivity contribution is 9.10. The first kappa shape index (κ1) is 13.7. The Morgan fingerprint density at radius 1 is 1.32 bits per heavy atom. The molecule has 0 aliphatic heterocycles. The summed E-state index contributed by atoms with van der Waals surface area (Å²) < 4.78 is 14.5. The van der Waals surface area contributed by atoms with Crippen molar-refractivity contribution in [3.8, 4) is 0 Å². The van der Waals surface area contributed by atoms with Gasteiger partial charge in [0.2, 0.25) is 0 Å². The number of hydrogen-bond acceptors (Lipinski definition) is 4. The molecule has 1 aromatic carbocycles. The molecule has 0 spiro atoms. The largest absolute Gasteiger partial charge is 0.383 e. The Kier molecular flexibility index (Phi) is 3.99. The van der Waals surface area contributed by atoms with Gasteiger partial charge in [-0.3, -0.25) is 0 Å². The van der Waals surface area contributed by atoms with E-state index in [1.807, 2.05) is 13.8 Å². The van der Waals surface area contributed by atoms with E-state index in [0.717, 1.165) is 5.56 Å². The van der Waals surface area contributed by atoms with Crippen LogP contribution in [0.4, 0.5) is 21.7 Å². The number of anilines is 3. The Hall–Kier alpha value is -1.69. The number of aromatic nitrogens is 2. The summed E-state index contributed by atoms with van der Waals surface area (Å²) in [6.07, 6.45) is 1.36. The normalized spacial score (nSPS) is 10.8. The maximum Gasteiger partial charge on any atom is 0.147 e. The lowest BCUT2D eigenvalue weighted by molar-refractivity contribution is 0.631. The van der Waals surface area contributed by atoms with Crippen molar-refractivity contribution in [2.24, 2.45) is 0 Å². The molecule has 0 saturated carbocycles. The van der Waals surface area contributed by atoms with E-state index >= 15 is 0 Å². The van der Waals surface area contributed by atoms with Crippen molar-refractivity contribution in [1.82, 2.24) is 9.97 Å². The van der Waals surface area contributed by atoms with Crippen LogP contribution in [0.15, 0.2) is 29.0 Å². The number of nitrogens with two attached hydrogens (primary N) is 1. The number of benzene rings is 1. The molecular weight excluding hydrogens is 311 g/mol. The Labute approximate surface area is 119 Å². The molecule has 19 heavy (non-hydrogen) atoms. The minimum Gasteiger partial charge on any atom is -0.383 e. The van der Waals surface area contributed by atoms with Crippen LogP contribution in [0.1, 0.15) is 25.3 Å². The molecule has 6 heteroatoms. The predicted octanol–water partition coefficient (Wildman–Crippen LogP) is 3.83. The third-order valence-electron chi connectivity index (χ3n) is 2.68. The molecule has 0 radical (unpaired) electrons. The van der Waals surface area contributed by atoms with Crippen molar-refractivity contribution in [3.63, 3.8) is 0 Å². The summed E-state index contributed by atoms with van der Waals surface area (Å²) >= 11 is 3.22. The summed E-state index contributed by atoms with van der Waals surface area (Å²) in [4.78, 5) is 8.10. The van der Waals surface area contributed by atoms with Gasteiger partial charge in [-0.15, -0.1) is 0 Å². The molecule has 0 aliphatic carbocycles. The molecule has 0 amide bonds. The first-order chi connectivity index (χ1) is 8.99. The highest BCUT2D eigenvalue weighted by Crippen LogP contribution is 2.30. The van der Waals surface area contributed by atoms with Gasteiger partial charge >= 0.3 is 0 Å². The number of nitrogens with one attached hydrogen (secondary N) is 1. The molecule has 0 unspecified atom stereocenters. The number of halogens is 2. The highest BCUT2D eigenvalue weighted by atomic mass is 79.9. The van der Waals surface area contributed by atoms with Crippen LogP contribution in [0.25, 0.3) is 0 Å². The highest BCUT2D eigenvalue weighted by Gasteiger charge is 2.14. The quantitative estimate of drug-likeness (QED) is 0.900. The summed E-state index contributed by atoms with van der Waals surface area (Å²) in [5.41, 5.74) is 6.98. The van der Waals surface area contributed by atoms with E-state index in [9.17, 15) is 4.39 Å². The van der Waals surface area contributed by atoms with Gasteiger partial charge in [0, 0.05) is 10.0 Å². The van der Waals surface area contributed by atoms with E-state index < -0.39 is 0 Å². The molecule has 0 bridgehead atoms. The van der Waals surface area contributed by atoms with Gasteiger partial charge in [0.05, 0.1) is 5.69 Å². The van der Waals surface area contributed by atoms with Gasteiger partial charge in [-0.05, 0) is 24.1 Å². The van der Waals surface area contributed by atoms with Crippen LogP contribution in [0.2, 0.25) is 0 Å². The molecule has 0 aliphatic rings. The van der Waals surface area contributed by atoms with Gasteiger partial charge in [0.25, 0.3) is 0 Å². The van der Waals surface area contributed by atoms with E-state index in [1.54, 1.807) is 12.1 Å². The van der Waals surface area contributed by atoms with Crippen LogP contribution in [-0.2, 0) is 0 Å². The molecule has 4 nitrogen and oxygen atoms in total. The lowest BCUT2D eigenvalue weighted by Gasteiger charge is -2.15.